The molecule has 0 unspecified atom stereocenters. The topological polar surface area (TPSA) is 64.4 Å². The summed E-state index contributed by atoms with van der Waals surface area (Å²) in [5, 5.41) is 4.28. The number of fused-ring (bicyclic) bond motifs is 1. The normalized spacial score (nSPS) is 13.1. The maximum Gasteiger partial charge on any atom is 0.343 e. The second-order valence-corrected chi connectivity index (χ2v) is 7.41. The number of nitrogens with zero attached hydrogens (tertiary/aromatic N) is 3. The van der Waals surface area contributed by atoms with E-state index in [1.807, 2.05) is 18.2 Å². The Labute approximate surface area is 177 Å². The quantitative estimate of drug-likeness (QED) is 0.595. The van der Waals surface area contributed by atoms with Crippen LogP contribution in [0.5, 0.6) is 0 Å². The summed E-state index contributed by atoms with van der Waals surface area (Å²) in [5.41, 5.74) is 3.27. The molecule has 8 heteroatoms. The smallest absolute Gasteiger partial charge is 0.343 e. The van der Waals surface area contributed by atoms with Gasteiger partial charge in [0, 0.05) is 13.1 Å². The Kier molecular flexibility index (Phi) is 5.55. The number of rotatable bonds is 4. The average Bonchev–Trinajstić information content (AvgIpc) is 3.06. The van der Waals surface area contributed by atoms with E-state index in [0.717, 1.165) is 12.0 Å². The van der Waals surface area contributed by atoms with Crippen molar-refractivity contribution in [3.8, 4) is 5.69 Å². The molecule has 4 rings (SSSR count). The lowest BCUT2D eigenvalue weighted by Gasteiger charge is -2.28. The van der Waals surface area contributed by atoms with Gasteiger partial charge in [0.15, 0.2) is 6.61 Å². The van der Waals surface area contributed by atoms with E-state index in [2.05, 4.69) is 11.2 Å². The minimum atomic E-state index is -0.725. The van der Waals surface area contributed by atoms with E-state index >= 15 is 0 Å². The highest BCUT2D eigenvalue weighted by Crippen LogP contribution is 2.25. The Bertz CT molecular complexity index is 1110. The second kappa shape index (κ2) is 8.28. The maximum absolute atomic E-state index is 13.2. The van der Waals surface area contributed by atoms with Gasteiger partial charge >= 0.3 is 5.97 Å². The number of benzene rings is 2. The molecule has 30 heavy (non-hydrogen) atoms. The first-order valence-corrected chi connectivity index (χ1v) is 9.84. The van der Waals surface area contributed by atoms with Crippen LogP contribution in [0.2, 0.25) is 5.15 Å². The molecular weight excluding hydrogens is 409 g/mol. The number of carbonyl (C=O) groups is 2. The van der Waals surface area contributed by atoms with Crippen LogP contribution in [0.25, 0.3) is 5.69 Å². The van der Waals surface area contributed by atoms with E-state index < -0.39 is 11.8 Å². The zero-order valence-electron chi connectivity index (χ0n) is 16.3. The SMILES string of the molecule is Cc1nn(-c2ccc(F)cc2)c(Cl)c1C(=O)OCC(=O)N1CCc2ccccc2C1. The number of aromatic nitrogens is 2. The summed E-state index contributed by atoms with van der Waals surface area (Å²) in [7, 11) is 0. The summed E-state index contributed by atoms with van der Waals surface area (Å²) in [4.78, 5) is 26.8. The molecule has 3 aromatic rings. The van der Waals surface area contributed by atoms with Crippen LogP contribution in [0.15, 0.2) is 48.5 Å². The number of esters is 1. The van der Waals surface area contributed by atoms with Crippen molar-refractivity contribution in [1.29, 1.82) is 0 Å². The van der Waals surface area contributed by atoms with Crippen molar-refractivity contribution < 1.29 is 18.7 Å². The molecule has 154 valence electrons. The third-order valence-electron chi connectivity index (χ3n) is 5.09. The van der Waals surface area contributed by atoms with E-state index in [1.165, 1.54) is 34.5 Å². The molecule has 0 N–H and O–H groups in total. The number of ether oxygens (including phenoxy) is 1. The minimum absolute atomic E-state index is 0.0449. The minimum Gasteiger partial charge on any atom is -0.452 e. The Morgan fingerprint density at radius 3 is 2.57 bits per heavy atom. The maximum atomic E-state index is 13.2. The molecule has 0 fully saturated rings. The number of hydrogen-bond acceptors (Lipinski definition) is 4. The third kappa shape index (κ3) is 3.93. The van der Waals surface area contributed by atoms with Crippen LogP contribution in [-0.2, 0) is 22.5 Å². The van der Waals surface area contributed by atoms with Gasteiger partial charge in [0.25, 0.3) is 5.91 Å². The lowest BCUT2D eigenvalue weighted by molar-refractivity contribution is -0.135. The Balaban J connectivity index is 1.43. The van der Waals surface area contributed by atoms with Crippen molar-refractivity contribution in [3.05, 3.63) is 81.9 Å². The fraction of sp³-hybridized carbons (Fsp3) is 0.227. The molecule has 1 aromatic heterocycles. The highest BCUT2D eigenvalue weighted by molar-refractivity contribution is 6.33. The monoisotopic (exact) mass is 427 g/mol. The van der Waals surface area contributed by atoms with Crippen LogP contribution in [0.3, 0.4) is 0 Å². The first-order chi connectivity index (χ1) is 14.4. The van der Waals surface area contributed by atoms with Crippen LogP contribution in [0.4, 0.5) is 4.39 Å². The number of carbonyl (C=O) groups excluding carboxylic acids is 2. The summed E-state index contributed by atoms with van der Waals surface area (Å²) < 4.78 is 19.7. The van der Waals surface area contributed by atoms with Gasteiger partial charge in [-0.1, -0.05) is 35.9 Å². The molecule has 0 bridgehead atoms. The van der Waals surface area contributed by atoms with Crippen LogP contribution in [-0.4, -0.2) is 39.7 Å². The number of aryl methyl sites for hydroxylation is 1. The zero-order chi connectivity index (χ0) is 21.3. The molecule has 1 aliphatic heterocycles. The third-order valence-corrected chi connectivity index (χ3v) is 5.44. The van der Waals surface area contributed by atoms with E-state index in [0.29, 0.717) is 24.5 Å². The van der Waals surface area contributed by atoms with Crippen LogP contribution in [0.1, 0.15) is 27.2 Å². The predicted molar refractivity (Wildman–Crippen MR) is 109 cm³/mol. The van der Waals surface area contributed by atoms with Crippen molar-refractivity contribution in [2.45, 2.75) is 19.9 Å². The zero-order valence-corrected chi connectivity index (χ0v) is 17.0. The summed E-state index contributed by atoms with van der Waals surface area (Å²) in [6.45, 7) is 2.31. The van der Waals surface area contributed by atoms with Gasteiger partial charge in [-0.25, -0.2) is 13.9 Å². The van der Waals surface area contributed by atoms with Gasteiger partial charge in [-0.15, -0.1) is 0 Å². The fourth-order valence-corrected chi connectivity index (χ4v) is 3.83. The summed E-state index contributed by atoms with van der Waals surface area (Å²) in [5.74, 6) is -1.38. The highest BCUT2D eigenvalue weighted by atomic mass is 35.5. The predicted octanol–water partition coefficient (Wildman–Crippen LogP) is 3.71. The van der Waals surface area contributed by atoms with Gasteiger partial charge in [-0.3, -0.25) is 4.79 Å². The molecule has 0 spiro atoms. The van der Waals surface area contributed by atoms with E-state index in [4.69, 9.17) is 16.3 Å². The molecule has 0 aliphatic carbocycles. The van der Waals surface area contributed by atoms with Crippen molar-refractivity contribution in [2.75, 3.05) is 13.2 Å². The van der Waals surface area contributed by atoms with Crippen LogP contribution < -0.4 is 0 Å². The number of amides is 1. The van der Waals surface area contributed by atoms with Crippen molar-refractivity contribution >= 4 is 23.5 Å². The molecule has 1 amide bonds. The lowest BCUT2D eigenvalue weighted by atomic mass is 10.00. The van der Waals surface area contributed by atoms with Gasteiger partial charge in [-0.2, -0.15) is 5.10 Å². The molecule has 0 saturated heterocycles. The average molecular weight is 428 g/mol. The van der Waals surface area contributed by atoms with Gasteiger partial charge in [0.1, 0.15) is 16.5 Å². The molecular formula is C22H19ClFN3O3. The number of hydrogen-bond donors (Lipinski definition) is 0. The molecule has 0 radical (unpaired) electrons. The molecule has 2 aromatic carbocycles. The van der Waals surface area contributed by atoms with Gasteiger partial charge < -0.3 is 9.64 Å². The summed E-state index contributed by atoms with van der Waals surface area (Å²) >= 11 is 6.33. The van der Waals surface area contributed by atoms with Crippen LogP contribution >= 0.6 is 11.6 Å². The van der Waals surface area contributed by atoms with Crippen LogP contribution in [0, 0.1) is 12.7 Å². The van der Waals surface area contributed by atoms with E-state index in [1.54, 1.807) is 11.8 Å². The van der Waals surface area contributed by atoms with E-state index in [-0.39, 0.29) is 23.2 Å². The standard InChI is InChI=1S/C22H19ClFN3O3/c1-14-20(21(23)27(25-14)18-8-6-17(24)7-9-18)22(29)30-13-19(28)26-11-10-15-4-2-3-5-16(15)12-26/h2-9H,10-13H2,1H3. The molecule has 1 aliphatic rings. The van der Waals surface area contributed by atoms with E-state index in [9.17, 15) is 14.0 Å². The molecule has 6 nitrogen and oxygen atoms in total. The first kappa shape index (κ1) is 20.1. The Hall–Kier alpha value is -3.19. The second-order valence-electron chi connectivity index (χ2n) is 7.05. The largest absolute Gasteiger partial charge is 0.452 e. The molecule has 2 heterocycles. The Morgan fingerprint density at radius 2 is 1.83 bits per heavy atom. The van der Waals surface area contributed by atoms with Gasteiger partial charge in [0.05, 0.1) is 11.4 Å². The van der Waals surface area contributed by atoms with Crippen molar-refractivity contribution in [2.24, 2.45) is 0 Å². The van der Waals surface area contributed by atoms with Gasteiger partial charge in [0.2, 0.25) is 0 Å². The molecule has 0 saturated carbocycles. The van der Waals surface area contributed by atoms with Gasteiger partial charge in [-0.05, 0) is 48.7 Å². The number of halogens is 2. The summed E-state index contributed by atoms with van der Waals surface area (Å²) in [6, 6.07) is 13.5. The first-order valence-electron chi connectivity index (χ1n) is 9.47. The highest BCUT2D eigenvalue weighted by Gasteiger charge is 2.25. The van der Waals surface area contributed by atoms with Crippen molar-refractivity contribution in [3.63, 3.8) is 0 Å². The fourth-order valence-electron chi connectivity index (χ4n) is 3.48. The lowest BCUT2D eigenvalue weighted by Crippen LogP contribution is -2.38. The van der Waals surface area contributed by atoms with Crippen molar-refractivity contribution in [1.82, 2.24) is 14.7 Å². The summed E-state index contributed by atoms with van der Waals surface area (Å²) in [6.07, 6.45) is 0.769. The Morgan fingerprint density at radius 1 is 1.13 bits per heavy atom. The molecule has 0 atom stereocenters.